The predicted octanol–water partition coefficient (Wildman–Crippen LogP) is 2.61. The molecule has 72 valence electrons. The monoisotopic (exact) mass is 261 g/mol. The first-order chi connectivity index (χ1) is 6.19. The van der Waals surface area contributed by atoms with Gasteiger partial charge in [0.2, 0.25) is 0 Å². The summed E-state index contributed by atoms with van der Waals surface area (Å²) < 4.78 is 6.07. The summed E-state index contributed by atoms with van der Waals surface area (Å²) in [6.45, 7) is 0. The molecule has 4 heteroatoms. The third kappa shape index (κ3) is 2.62. The maximum absolute atomic E-state index is 5.12. The van der Waals surface area contributed by atoms with Crippen LogP contribution in [0, 0.1) is 0 Å². The molecule has 0 spiro atoms. The third-order valence-electron chi connectivity index (χ3n) is 1.77. The van der Waals surface area contributed by atoms with E-state index in [0.717, 1.165) is 15.8 Å². The van der Waals surface area contributed by atoms with Gasteiger partial charge in [-0.25, -0.2) is 0 Å². The van der Waals surface area contributed by atoms with E-state index >= 15 is 0 Å². The number of methoxy groups -OCH3 is 1. The molecule has 1 rings (SSSR count). The zero-order chi connectivity index (χ0) is 9.84. The Bertz CT molecular complexity index is 293. The van der Waals surface area contributed by atoms with Crippen LogP contribution in [0.2, 0.25) is 0 Å². The number of thiol groups is 1. The number of rotatable bonds is 3. The molecule has 1 unspecified atom stereocenters. The minimum absolute atomic E-state index is 0.0576. The van der Waals surface area contributed by atoms with Crippen molar-refractivity contribution < 1.29 is 4.74 Å². The van der Waals surface area contributed by atoms with Crippen molar-refractivity contribution in [3.8, 4) is 5.75 Å². The Kier molecular flexibility index (Phi) is 4.09. The Morgan fingerprint density at radius 3 is 2.69 bits per heavy atom. The smallest absolute Gasteiger partial charge is 0.133 e. The van der Waals surface area contributed by atoms with Crippen LogP contribution in [0.1, 0.15) is 10.9 Å². The van der Waals surface area contributed by atoms with Gasteiger partial charge in [-0.3, -0.25) is 0 Å². The van der Waals surface area contributed by atoms with E-state index in [1.807, 2.05) is 25.2 Å². The van der Waals surface area contributed by atoms with E-state index in [1.165, 1.54) is 0 Å². The lowest BCUT2D eigenvalue weighted by Crippen LogP contribution is -2.09. The van der Waals surface area contributed by atoms with Gasteiger partial charge < -0.3 is 10.1 Å². The van der Waals surface area contributed by atoms with E-state index in [0.29, 0.717) is 0 Å². The Balaban J connectivity index is 2.95. The predicted molar refractivity (Wildman–Crippen MR) is 61.5 cm³/mol. The SMILES string of the molecule is CNC(S)c1ccc(OC)c(Br)c1. The van der Waals surface area contributed by atoms with Gasteiger partial charge in [0.15, 0.2) is 0 Å². The van der Waals surface area contributed by atoms with Crippen molar-refractivity contribution in [2.24, 2.45) is 0 Å². The van der Waals surface area contributed by atoms with E-state index in [9.17, 15) is 0 Å². The summed E-state index contributed by atoms with van der Waals surface area (Å²) in [5.74, 6) is 0.834. The van der Waals surface area contributed by atoms with E-state index < -0.39 is 0 Å². The Labute approximate surface area is 92.2 Å². The lowest BCUT2D eigenvalue weighted by molar-refractivity contribution is 0.412. The summed E-state index contributed by atoms with van der Waals surface area (Å²) in [7, 11) is 3.52. The van der Waals surface area contributed by atoms with Crippen LogP contribution in [-0.4, -0.2) is 14.2 Å². The van der Waals surface area contributed by atoms with Gasteiger partial charge in [0.05, 0.1) is 17.0 Å². The van der Waals surface area contributed by atoms with Gasteiger partial charge in [0.1, 0.15) is 5.75 Å². The lowest BCUT2D eigenvalue weighted by Gasteiger charge is -2.11. The summed E-state index contributed by atoms with van der Waals surface area (Å²) >= 11 is 7.78. The Hall–Kier alpha value is -0.190. The number of ether oxygens (including phenoxy) is 1. The molecule has 0 aromatic heterocycles. The molecule has 0 aliphatic rings. The second-order valence-corrected chi connectivity index (χ2v) is 3.96. The van der Waals surface area contributed by atoms with Crippen molar-refractivity contribution in [1.82, 2.24) is 5.32 Å². The van der Waals surface area contributed by atoms with Gasteiger partial charge in [0.25, 0.3) is 0 Å². The summed E-state index contributed by atoms with van der Waals surface area (Å²) in [5.41, 5.74) is 1.11. The molecule has 13 heavy (non-hydrogen) atoms. The highest BCUT2D eigenvalue weighted by atomic mass is 79.9. The molecule has 0 aliphatic carbocycles. The van der Waals surface area contributed by atoms with Gasteiger partial charge in [-0.15, -0.1) is 0 Å². The molecule has 0 radical (unpaired) electrons. The molecule has 0 fully saturated rings. The molecule has 0 aliphatic heterocycles. The minimum atomic E-state index is 0.0576. The normalized spacial score (nSPS) is 12.6. The third-order valence-corrected chi connectivity index (χ3v) is 2.94. The number of benzene rings is 1. The fourth-order valence-corrected chi connectivity index (χ4v) is 1.74. The number of hydrogen-bond acceptors (Lipinski definition) is 3. The standard InChI is InChI=1S/C9H12BrNOS/c1-11-9(13)6-3-4-8(12-2)7(10)5-6/h3-5,9,11,13H,1-2H3. The molecular formula is C9H12BrNOS. The van der Waals surface area contributed by atoms with Crippen LogP contribution in [0.3, 0.4) is 0 Å². The van der Waals surface area contributed by atoms with Crippen molar-refractivity contribution >= 4 is 28.6 Å². The number of halogens is 1. The van der Waals surface area contributed by atoms with Crippen LogP contribution in [0.25, 0.3) is 0 Å². The molecule has 1 aromatic carbocycles. The minimum Gasteiger partial charge on any atom is -0.496 e. The highest BCUT2D eigenvalue weighted by Crippen LogP contribution is 2.28. The summed E-state index contributed by atoms with van der Waals surface area (Å²) in [5, 5.41) is 3.11. The molecule has 2 nitrogen and oxygen atoms in total. The maximum Gasteiger partial charge on any atom is 0.133 e. The van der Waals surface area contributed by atoms with Crippen LogP contribution in [-0.2, 0) is 0 Å². The Morgan fingerprint density at radius 1 is 1.54 bits per heavy atom. The van der Waals surface area contributed by atoms with Gasteiger partial charge in [-0.1, -0.05) is 6.07 Å². The molecule has 0 amide bonds. The molecule has 0 saturated carbocycles. The first-order valence-electron chi connectivity index (χ1n) is 3.87. The van der Waals surface area contributed by atoms with E-state index in [2.05, 4.69) is 33.9 Å². The number of nitrogens with one attached hydrogen (secondary N) is 1. The second kappa shape index (κ2) is 4.88. The molecule has 0 heterocycles. The molecule has 0 saturated heterocycles. The second-order valence-electron chi connectivity index (χ2n) is 2.59. The average molecular weight is 262 g/mol. The molecular weight excluding hydrogens is 250 g/mol. The average Bonchev–Trinajstić information content (AvgIpc) is 2.16. The summed E-state index contributed by atoms with van der Waals surface area (Å²) in [6.07, 6.45) is 0. The topological polar surface area (TPSA) is 21.3 Å². The van der Waals surface area contributed by atoms with Crippen molar-refractivity contribution in [2.75, 3.05) is 14.2 Å². The van der Waals surface area contributed by atoms with Gasteiger partial charge in [0, 0.05) is 0 Å². The highest BCUT2D eigenvalue weighted by Gasteiger charge is 2.06. The fourth-order valence-electron chi connectivity index (χ4n) is 1.02. The highest BCUT2D eigenvalue weighted by molar-refractivity contribution is 9.10. The largest absolute Gasteiger partial charge is 0.496 e. The fraction of sp³-hybridized carbons (Fsp3) is 0.333. The van der Waals surface area contributed by atoms with Gasteiger partial charge >= 0.3 is 0 Å². The van der Waals surface area contributed by atoms with Crippen molar-refractivity contribution in [2.45, 2.75) is 5.37 Å². The zero-order valence-electron chi connectivity index (χ0n) is 7.54. The first-order valence-corrected chi connectivity index (χ1v) is 5.18. The quantitative estimate of drug-likeness (QED) is 0.645. The lowest BCUT2D eigenvalue weighted by atomic mass is 10.2. The van der Waals surface area contributed by atoms with E-state index in [4.69, 9.17) is 4.74 Å². The maximum atomic E-state index is 5.12. The van der Waals surface area contributed by atoms with Crippen LogP contribution < -0.4 is 10.1 Å². The van der Waals surface area contributed by atoms with Crippen LogP contribution in [0.5, 0.6) is 5.75 Å². The van der Waals surface area contributed by atoms with Crippen LogP contribution in [0.4, 0.5) is 0 Å². The van der Waals surface area contributed by atoms with Crippen LogP contribution in [0.15, 0.2) is 22.7 Å². The van der Waals surface area contributed by atoms with Gasteiger partial charge in [-0.05, 0) is 40.7 Å². The van der Waals surface area contributed by atoms with E-state index in [1.54, 1.807) is 7.11 Å². The van der Waals surface area contributed by atoms with Crippen molar-refractivity contribution in [3.05, 3.63) is 28.2 Å². The molecule has 1 atom stereocenters. The molecule has 1 aromatic rings. The number of hydrogen-bond donors (Lipinski definition) is 2. The van der Waals surface area contributed by atoms with Gasteiger partial charge in [-0.2, -0.15) is 12.6 Å². The first kappa shape index (κ1) is 10.9. The van der Waals surface area contributed by atoms with E-state index in [-0.39, 0.29) is 5.37 Å². The van der Waals surface area contributed by atoms with Crippen molar-refractivity contribution in [1.29, 1.82) is 0 Å². The zero-order valence-corrected chi connectivity index (χ0v) is 10.0. The summed E-state index contributed by atoms with van der Waals surface area (Å²) in [6, 6.07) is 5.89. The molecule has 0 bridgehead atoms. The Morgan fingerprint density at radius 2 is 2.23 bits per heavy atom. The van der Waals surface area contributed by atoms with Crippen molar-refractivity contribution in [3.63, 3.8) is 0 Å². The summed E-state index contributed by atoms with van der Waals surface area (Å²) in [4.78, 5) is 0. The van der Waals surface area contributed by atoms with Crippen LogP contribution >= 0.6 is 28.6 Å². The molecule has 1 N–H and O–H groups in total.